The number of hydrogen-bond acceptors (Lipinski definition) is 3. The first-order valence-electron chi connectivity index (χ1n) is 17.6. The first-order valence-corrected chi connectivity index (χ1v) is 20.6. The van der Waals surface area contributed by atoms with Crippen LogP contribution in [0.3, 0.4) is 0 Å². The summed E-state index contributed by atoms with van der Waals surface area (Å²) < 4.78 is 0. The average molecular weight is 670 g/mol. The van der Waals surface area contributed by atoms with Gasteiger partial charge in [0.15, 0.2) is 0 Å². The molecule has 0 bridgehead atoms. The molecule has 0 radical (unpaired) electrons. The summed E-state index contributed by atoms with van der Waals surface area (Å²) in [6, 6.07) is 64.0. The zero-order chi connectivity index (χ0) is 34.1. The second-order valence-electron chi connectivity index (χ2n) is 14.0. The third-order valence-electron chi connectivity index (χ3n) is 10.7. The molecule has 0 N–H and O–H groups in total. The Kier molecular flexibility index (Phi) is 6.64. The molecule has 1 aromatic heterocycles. The Morgan fingerprint density at radius 1 is 0.431 bits per heavy atom. The maximum atomic E-state index is 5.49. The van der Waals surface area contributed by atoms with Crippen LogP contribution in [-0.4, -0.2) is 13.1 Å². The van der Waals surface area contributed by atoms with Crippen LogP contribution in [-0.2, 0) is 0 Å². The van der Waals surface area contributed by atoms with Gasteiger partial charge in [-0.05, 0) is 81.0 Å². The molecule has 0 spiro atoms. The highest BCUT2D eigenvalue weighted by atomic mass is 28.3. The number of pyridine rings is 1. The molecule has 8 aromatic rings. The second-order valence-corrected chi connectivity index (χ2v) is 18.4. The number of anilines is 6. The molecule has 3 nitrogen and oxygen atoms in total. The molecule has 4 heteroatoms. The predicted octanol–water partition coefficient (Wildman–Crippen LogP) is 11.6. The fourth-order valence-corrected chi connectivity index (χ4v) is 11.2. The van der Waals surface area contributed by atoms with Crippen LogP contribution >= 0.6 is 0 Å². The van der Waals surface area contributed by atoms with Gasteiger partial charge in [0, 0.05) is 33.6 Å². The van der Waals surface area contributed by atoms with E-state index in [-0.39, 0.29) is 0 Å². The van der Waals surface area contributed by atoms with E-state index >= 15 is 0 Å². The Bertz CT molecular complexity index is 2550. The van der Waals surface area contributed by atoms with E-state index in [1.807, 2.05) is 0 Å². The zero-order valence-corrected chi connectivity index (χ0v) is 29.6. The van der Waals surface area contributed by atoms with Gasteiger partial charge in [-0.3, -0.25) is 4.90 Å². The topological polar surface area (TPSA) is 19.4 Å². The maximum absolute atomic E-state index is 5.49. The van der Waals surface area contributed by atoms with E-state index in [9.17, 15) is 0 Å². The summed E-state index contributed by atoms with van der Waals surface area (Å²) in [4.78, 5) is 10.4. The largest absolute Gasteiger partial charge is 0.311 e. The lowest BCUT2D eigenvalue weighted by Gasteiger charge is -2.43. The van der Waals surface area contributed by atoms with Crippen molar-refractivity contribution in [2.75, 3.05) is 9.80 Å². The number of benzene rings is 7. The van der Waals surface area contributed by atoms with Crippen LogP contribution in [0, 0.1) is 0 Å². The van der Waals surface area contributed by atoms with Gasteiger partial charge in [-0.1, -0.05) is 140 Å². The number of hydrogen-bond donors (Lipinski definition) is 0. The molecule has 0 fully saturated rings. The number of nitrogens with zero attached hydrogens (tertiary/aromatic N) is 3. The van der Waals surface area contributed by atoms with Crippen LogP contribution in [0.15, 0.2) is 176 Å². The maximum Gasteiger partial charge on any atom is 0.138 e. The number of fused-ring (bicyclic) bond motifs is 4. The van der Waals surface area contributed by atoms with E-state index in [4.69, 9.17) is 4.98 Å². The quantitative estimate of drug-likeness (QED) is 0.174. The van der Waals surface area contributed by atoms with Gasteiger partial charge in [-0.15, -0.1) is 0 Å². The minimum atomic E-state index is -2.17. The highest BCUT2D eigenvalue weighted by Crippen LogP contribution is 2.53. The van der Waals surface area contributed by atoms with Crippen LogP contribution in [0.1, 0.15) is 0 Å². The summed E-state index contributed by atoms with van der Waals surface area (Å²) in [6.45, 7) is 5.01. The summed E-state index contributed by atoms with van der Waals surface area (Å²) >= 11 is 0. The molecule has 7 aromatic carbocycles. The fourth-order valence-electron chi connectivity index (χ4n) is 8.28. The van der Waals surface area contributed by atoms with Gasteiger partial charge in [-0.2, -0.15) is 0 Å². The Hall–Kier alpha value is -6.23. The molecule has 2 aliphatic heterocycles. The van der Waals surface area contributed by atoms with E-state index in [0.29, 0.717) is 0 Å². The molecule has 3 heterocycles. The van der Waals surface area contributed by atoms with Gasteiger partial charge in [0.1, 0.15) is 13.9 Å². The van der Waals surface area contributed by atoms with Crippen LogP contribution in [0.5, 0.6) is 0 Å². The van der Waals surface area contributed by atoms with Crippen molar-refractivity contribution in [2.24, 2.45) is 0 Å². The molecule has 2 aliphatic rings. The molecular weight excluding hydrogens is 635 g/mol. The fraction of sp³-hybridized carbons (Fsp3) is 0.0426. The Balaban J connectivity index is 1.30. The highest BCUT2D eigenvalue weighted by molar-refractivity contribution is 7.02. The van der Waals surface area contributed by atoms with E-state index in [2.05, 4.69) is 199 Å². The Labute approximate surface area is 299 Å². The van der Waals surface area contributed by atoms with Crippen LogP contribution < -0.4 is 20.2 Å². The first-order chi connectivity index (χ1) is 25.1. The lowest BCUT2D eigenvalue weighted by molar-refractivity contribution is 1.18. The van der Waals surface area contributed by atoms with Crippen molar-refractivity contribution in [1.29, 1.82) is 0 Å². The lowest BCUT2D eigenvalue weighted by Crippen LogP contribution is -2.58. The van der Waals surface area contributed by atoms with E-state index in [1.165, 1.54) is 60.6 Å². The standard InChI is InChI=1S/C47H35N3Si/c1-51(2)44-27-13-12-25-40(44)49(36-22-10-5-11-23-36)43-30-38-37-24-14-20-34-21-15-26-41(47(34)37)50(42(38)31-45(43)51)46-29-35(32-16-6-3-7-17-32)28-39(48-46)33-18-8-4-9-19-33/h3-31H,1-2H3. The molecule has 0 saturated heterocycles. The number of rotatable bonds is 4. The molecule has 0 saturated carbocycles. The highest BCUT2D eigenvalue weighted by Gasteiger charge is 2.41. The van der Waals surface area contributed by atoms with Crippen molar-refractivity contribution in [2.45, 2.75) is 13.1 Å². The van der Waals surface area contributed by atoms with Crippen molar-refractivity contribution >= 4 is 63.5 Å². The van der Waals surface area contributed by atoms with Crippen molar-refractivity contribution in [3.63, 3.8) is 0 Å². The minimum absolute atomic E-state index is 0.911. The first kappa shape index (κ1) is 29.7. The number of para-hydroxylation sites is 2. The van der Waals surface area contributed by atoms with E-state index < -0.39 is 8.07 Å². The summed E-state index contributed by atoms with van der Waals surface area (Å²) in [5, 5.41) is 5.34. The molecular formula is C47H35N3Si. The van der Waals surface area contributed by atoms with Crippen molar-refractivity contribution in [1.82, 2.24) is 4.98 Å². The third-order valence-corrected chi connectivity index (χ3v) is 14.2. The molecule has 51 heavy (non-hydrogen) atoms. The summed E-state index contributed by atoms with van der Waals surface area (Å²) in [6.07, 6.45) is 0. The number of aromatic nitrogens is 1. The normalized spacial score (nSPS) is 13.8. The van der Waals surface area contributed by atoms with Gasteiger partial charge in [-0.25, -0.2) is 4.98 Å². The minimum Gasteiger partial charge on any atom is -0.311 e. The molecule has 10 rings (SSSR count). The van der Waals surface area contributed by atoms with Gasteiger partial charge >= 0.3 is 0 Å². The second kappa shape index (κ2) is 11.4. The monoisotopic (exact) mass is 669 g/mol. The third kappa shape index (κ3) is 4.60. The summed E-state index contributed by atoms with van der Waals surface area (Å²) in [7, 11) is -2.17. The van der Waals surface area contributed by atoms with E-state index in [1.54, 1.807) is 0 Å². The smallest absolute Gasteiger partial charge is 0.138 e. The summed E-state index contributed by atoms with van der Waals surface area (Å²) in [5.74, 6) is 0.911. The lowest BCUT2D eigenvalue weighted by atomic mass is 9.90. The predicted molar refractivity (Wildman–Crippen MR) is 218 cm³/mol. The van der Waals surface area contributed by atoms with Gasteiger partial charge in [0.05, 0.1) is 17.1 Å². The van der Waals surface area contributed by atoms with Crippen molar-refractivity contribution in [3.8, 4) is 33.5 Å². The molecule has 0 unspecified atom stereocenters. The Morgan fingerprint density at radius 2 is 1.08 bits per heavy atom. The average Bonchev–Trinajstić information content (AvgIpc) is 3.19. The molecule has 0 atom stereocenters. The van der Waals surface area contributed by atoms with Crippen LogP contribution in [0.2, 0.25) is 13.1 Å². The molecule has 242 valence electrons. The molecule has 0 aliphatic carbocycles. The molecule has 0 amide bonds. The zero-order valence-electron chi connectivity index (χ0n) is 28.6. The summed E-state index contributed by atoms with van der Waals surface area (Å²) in [5.41, 5.74) is 12.9. The van der Waals surface area contributed by atoms with Crippen molar-refractivity contribution < 1.29 is 0 Å². The van der Waals surface area contributed by atoms with Crippen LogP contribution in [0.25, 0.3) is 44.3 Å². The van der Waals surface area contributed by atoms with E-state index in [0.717, 1.165) is 28.3 Å². The van der Waals surface area contributed by atoms with Crippen LogP contribution in [0.4, 0.5) is 34.3 Å². The van der Waals surface area contributed by atoms with Gasteiger partial charge < -0.3 is 4.90 Å². The Morgan fingerprint density at radius 3 is 1.84 bits per heavy atom. The van der Waals surface area contributed by atoms with Gasteiger partial charge in [0.2, 0.25) is 0 Å². The van der Waals surface area contributed by atoms with Crippen molar-refractivity contribution in [3.05, 3.63) is 176 Å². The SMILES string of the molecule is C[Si]1(C)c2ccccc2N(c2ccccc2)c2cc3c(cc21)N(c1cc(-c2ccccc2)cc(-c2ccccc2)n1)c1cccc2cccc-3c12. The van der Waals surface area contributed by atoms with Gasteiger partial charge in [0.25, 0.3) is 0 Å².